The molecule has 0 radical (unpaired) electrons. The summed E-state index contributed by atoms with van der Waals surface area (Å²) in [5, 5.41) is 24.9. The van der Waals surface area contributed by atoms with Crippen molar-refractivity contribution in [1.29, 1.82) is 0 Å². The van der Waals surface area contributed by atoms with Crippen LogP contribution in [0.1, 0.15) is 25.5 Å². The minimum Gasteiger partial charge on any atom is -0.480 e. The lowest BCUT2D eigenvalue weighted by Gasteiger charge is -2.45. The van der Waals surface area contributed by atoms with Crippen molar-refractivity contribution in [1.82, 2.24) is 25.3 Å². The number of amides is 6. The first-order chi connectivity index (χ1) is 17.1. The molecule has 4 rings (SSSR count). The van der Waals surface area contributed by atoms with Gasteiger partial charge in [-0.05, 0) is 12.5 Å². The van der Waals surface area contributed by atoms with E-state index < -0.39 is 71.8 Å². The standard InChI is InChI=1S/C23H27N5O8/c1-3-26-9-10-27(21(33)20(26)32)23(36)25-13(12-7-5-4-6-8-12)18(30)24-14-16-17(29)11(2)15(22(34)35)28(16)19(14)31/h4-8,11,13-17,29H,3,9-10H2,1-2H3,(H,24,30)(H,25,36)(H,34,35)/t11?,13?,14?,15?,16-,17?/m0/s1. The van der Waals surface area contributed by atoms with Crippen molar-refractivity contribution in [2.75, 3.05) is 19.6 Å². The van der Waals surface area contributed by atoms with E-state index in [1.807, 2.05) is 0 Å². The number of imide groups is 1. The molecule has 0 aliphatic carbocycles. The van der Waals surface area contributed by atoms with Gasteiger partial charge in [0.2, 0.25) is 11.8 Å². The number of piperazine rings is 1. The van der Waals surface area contributed by atoms with E-state index in [9.17, 15) is 39.0 Å². The number of nitrogens with zero attached hydrogens (tertiary/aromatic N) is 3. The number of nitrogens with one attached hydrogen (secondary N) is 2. The summed E-state index contributed by atoms with van der Waals surface area (Å²) in [6.45, 7) is 3.64. The number of carboxylic acid groups (broad SMARTS) is 1. The van der Waals surface area contributed by atoms with Crippen molar-refractivity contribution in [2.24, 2.45) is 5.92 Å². The fourth-order valence-electron chi connectivity index (χ4n) is 5.01. The molecule has 5 unspecified atom stereocenters. The van der Waals surface area contributed by atoms with Crippen LogP contribution in [0.4, 0.5) is 4.79 Å². The number of aliphatic hydroxyl groups excluding tert-OH is 1. The molecule has 3 fully saturated rings. The average molecular weight is 501 g/mol. The Morgan fingerprint density at radius 1 is 1.08 bits per heavy atom. The van der Waals surface area contributed by atoms with Crippen molar-refractivity contribution < 1.29 is 39.0 Å². The number of fused-ring (bicyclic) bond motifs is 1. The van der Waals surface area contributed by atoms with Crippen LogP contribution in [0.3, 0.4) is 0 Å². The van der Waals surface area contributed by atoms with Crippen molar-refractivity contribution in [3.8, 4) is 0 Å². The number of benzene rings is 1. The Morgan fingerprint density at radius 2 is 1.75 bits per heavy atom. The maximum atomic E-state index is 13.3. The van der Waals surface area contributed by atoms with E-state index in [1.54, 1.807) is 37.3 Å². The number of carbonyl (C=O) groups is 6. The molecular formula is C23H27N5O8. The Morgan fingerprint density at radius 3 is 2.36 bits per heavy atom. The zero-order valence-corrected chi connectivity index (χ0v) is 19.7. The molecule has 0 bridgehead atoms. The van der Waals surface area contributed by atoms with Gasteiger partial charge in [-0.1, -0.05) is 37.3 Å². The summed E-state index contributed by atoms with van der Waals surface area (Å²) in [7, 11) is 0. The molecule has 3 saturated heterocycles. The lowest BCUT2D eigenvalue weighted by Crippen LogP contribution is -2.73. The molecule has 6 atom stereocenters. The quantitative estimate of drug-likeness (QED) is 0.263. The summed E-state index contributed by atoms with van der Waals surface area (Å²) in [6, 6.07) is 2.49. The van der Waals surface area contributed by atoms with Crippen LogP contribution in [-0.4, -0.2) is 104 Å². The normalized spacial score (nSPS) is 28.4. The smallest absolute Gasteiger partial charge is 0.326 e. The van der Waals surface area contributed by atoms with Crippen LogP contribution in [0.25, 0.3) is 0 Å². The Balaban J connectivity index is 1.52. The van der Waals surface area contributed by atoms with Crippen LogP contribution in [0.15, 0.2) is 30.3 Å². The first kappa shape index (κ1) is 25.1. The van der Waals surface area contributed by atoms with E-state index in [4.69, 9.17) is 0 Å². The molecule has 192 valence electrons. The van der Waals surface area contributed by atoms with Gasteiger partial charge in [-0.2, -0.15) is 0 Å². The summed E-state index contributed by atoms with van der Waals surface area (Å²) >= 11 is 0. The van der Waals surface area contributed by atoms with Crippen LogP contribution >= 0.6 is 0 Å². The lowest BCUT2D eigenvalue weighted by molar-refractivity contribution is -0.163. The molecule has 1 aromatic rings. The third-order valence-corrected chi connectivity index (χ3v) is 7.02. The monoisotopic (exact) mass is 501 g/mol. The van der Waals surface area contributed by atoms with Gasteiger partial charge >= 0.3 is 23.8 Å². The Bertz CT molecular complexity index is 1110. The number of urea groups is 1. The zero-order chi connectivity index (χ0) is 26.3. The minimum atomic E-state index is -1.33. The van der Waals surface area contributed by atoms with Gasteiger partial charge in [-0.15, -0.1) is 0 Å². The van der Waals surface area contributed by atoms with Gasteiger partial charge in [0.15, 0.2) is 0 Å². The predicted octanol–water partition coefficient (Wildman–Crippen LogP) is -1.71. The molecule has 0 saturated carbocycles. The van der Waals surface area contributed by atoms with Gasteiger partial charge in [0.05, 0.1) is 12.1 Å². The number of rotatable bonds is 6. The van der Waals surface area contributed by atoms with E-state index in [2.05, 4.69) is 10.6 Å². The topological polar surface area (TPSA) is 177 Å². The largest absolute Gasteiger partial charge is 0.480 e. The SMILES string of the molecule is CCN1CCN(C(=O)NC(C(=O)NC2C(=O)N3C(C(=O)O)C(C)C(O)[C@H]23)c2ccccc2)C(=O)C1=O. The van der Waals surface area contributed by atoms with Gasteiger partial charge in [0.25, 0.3) is 0 Å². The van der Waals surface area contributed by atoms with Crippen molar-refractivity contribution in [3.63, 3.8) is 0 Å². The number of hydrogen-bond acceptors (Lipinski definition) is 7. The number of β-lactam (4-membered cyclic amide) rings is 1. The molecule has 4 N–H and O–H groups in total. The van der Waals surface area contributed by atoms with Crippen LogP contribution in [0.5, 0.6) is 0 Å². The number of aliphatic hydroxyl groups is 1. The molecular weight excluding hydrogens is 474 g/mol. The lowest BCUT2D eigenvalue weighted by atomic mass is 9.91. The number of carboxylic acids is 1. The molecule has 3 heterocycles. The fourth-order valence-corrected chi connectivity index (χ4v) is 5.01. The average Bonchev–Trinajstić information content (AvgIpc) is 3.10. The van der Waals surface area contributed by atoms with Crippen molar-refractivity contribution >= 4 is 35.6 Å². The Kier molecular flexibility index (Phi) is 6.67. The second kappa shape index (κ2) is 9.57. The van der Waals surface area contributed by atoms with Gasteiger partial charge < -0.3 is 30.6 Å². The molecule has 6 amide bonds. The summed E-state index contributed by atoms with van der Waals surface area (Å²) in [5.74, 6) is -5.28. The first-order valence-corrected chi connectivity index (χ1v) is 11.6. The van der Waals surface area contributed by atoms with E-state index in [0.717, 1.165) is 9.80 Å². The number of hydrogen-bond donors (Lipinski definition) is 4. The van der Waals surface area contributed by atoms with Crippen molar-refractivity contribution in [2.45, 2.75) is 44.1 Å². The van der Waals surface area contributed by atoms with Crippen molar-refractivity contribution in [3.05, 3.63) is 35.9 Å². The summed E-state index contributed by atoms with van der Waals surface area (Å²) < 4.78 is 0. The zero-order valence-electron chi connectivity index (χ0n) is 19.7. The summed E-state index contributed by atoms with van der Waals surface area (Å²) in [4.78, 5) is 78.2. The van der Waals surface area contributed by atoms with E-state index in [0.29, 0.717) is 12.1 Å². The van der Waals surface area contributed by atoms with Gasteiger partial charge in [0, 0.05) is 25.6 Å². The molecule has 0 spiro atoms. The maximum absolute atomic E-state index is 13.3. The first-order valence-electron chi connectivity index (χ1n) is 11.6. The molecule has 3 aliphatic heterocycles. The number of carbonyl (C=O) groups excluding carboxylic acids is 5. The number of aliphatic carboxylic acids is 1. The Labute approximate surface area is 206 Å². The third kappa shape index (κ3) is 4.04. The highest BCUT2D eigenvalue weighted by Gasteiger charge is 2.64. The van der Waals surface area contributed by atoms with Gasteiger partial charge in [-0.25, -0.2) is 9.59 Å². The molecule has 0 aromatic heterocycles. The van der Waals surface area contributed by atoms with Crippen LogP contribution in [0.2, 0.25) is 0 Å². The molecule has 13 heteroatoms. The molecule has 13 nitrogen and oxygen atoms in total. The highest BCUT2D eigenvalue weighted by atomic mass is 16.4. The Hall–Kier alpha value is -4.00. The highest BCUT2D eigenvalue weighted by molar-refractivity contribution is 6.38. The number of likely N-dealkylation sites (N-methyl/N-ethyl adjacent to an activating group) is 1. The third-order valence-electron chi connectivity index (χ3n) is 7.02. The molecule has 36 heavy (non-hydrogen) atoms. The second-order valence-electron chi connectivity index (χ2n) is 8.99. The van der Waals surface area contributed by atoms with E-state index >= 15 is 0 Å². The van der Waals surface area contributed by atoms with Crippen LogP contribution in [0, 0.1) is 5.92 Å². The fraction of sp³-hybridized carbons (Fsp3) is 0.478. The molecule has 1 aromatic carbocycles. The minimum absolute atomic E-state index is 0.0494. The van der Waals surface area contributed by atoms with E-state index in [-0.39, 0.29) is 13.1 Å². The van der Waals surface area contributed by atoms with Crippen LogP contribution in [-0.2, 0) is 24.0 Å². The molecule has 3 aliphatic rings. The summed E-state index contributed by atoms with van der Waals surface area (Å²) in [6.07, 6.45) is -1.17. The van der Waals surface area contributed by atoms with Crippen LogP contribution < -0.4 is 10.6 Å². The second-order valence-corrected chi connectivity index (χ2v) is 8.99. The van der Waals surface area contributed by atoms with E-state index in [1.165, 1.54) is 11.8 Å². The van der Waals surface area contributed by atoms with Gasteiger partial charge in [-0.3, -0.25) is 24.1 Å². The predicted molar refractivity (Wildman–Crippen MR) is 121 cm³/mol. The maximum Gasteiger partial charge on any atom is 0.326 e. The van der Waals surface area contributed by atoms with Gasteiger partial charge in [0.1, 0.15) is 18.1 Å². The highest BCUT2D eigenvalue weighted by Crippen LogP contribution is 2.39. The summed E-state index contributed by atoms with van der Waals surface area (Å²) in [5.41, 5.74) is 0.349.